The van der Waals surface area contributed by atoms with Crippen LogP contribution < -0.4 is 0 Å². The van der Waals surface area contributed by atoms with Gasteiger partial charge in [-0.05, 0) is 37.3 Å². The molecule has 4 heteroatoms. The van der Waals surface area contributed by atoms with Crippen molar-refractivity contribution in [1.82, 2.24) is 9.38 Å². The molecule has 24 heavy (non-hydrogen) atoms. The average Bonchev–Trinajstić information content (AvgIpc) is 2.99. The molecule has 0 atom stereocenters. The normalized spacial score (nSPS) is 18.0. The maximum atomic E-state index is 15.2. The fraction of sp³-hybridized carbons (Fsp3) is 0.250. The molecular weight excluding hydrogens is 306 g/mol. The molecule has 1 aliphatic heterocycles. The standard InChI is InChI=1S/C20H16F2N2/c1-11-8-9-14-17-16(11)12-6-4-5-7-13(12)18-23-10-15(24(17)18)20(21,22)19(14,2)3/h4-10H,1-3H3. The Bertz CT molecular complexity index is 1170. The van der Waals surface area contributed by atoms with Crippen LogP contribution in [0.3, 0.4) is 0 Å². The number of halogens is 2. The van der Waals surface area contributed by atoms with Gasteiger partial charge in [-0.15, -0.1) is 0 Å². The van der Waals surface area contributed by atoms with Crippen LogP contribution >= 0.6 is 0 Å². The third-order valence-electron chi connectivity index (χ3n) is 5.59. The minimum Gasteiger partial charge on any atom is -0.290 e. The summed E-state index contributed by atoms with van der Waals surface area (Å²) >= 11 is 0. The third kappa shape index (κ3) is 1.31. The van der Waals surface area contributed by atoms with E-state index in [-0.39, 0.29) is 5.69 Å². The maximum absolute atomic E-state index is 15.2. The highest BCUT2D eigenvalue weighted by atomic mass is 19.3. The molecule has 2 nitrogen and oxygen atoms in total. The number of fused-ring (bicyclic) bond motifs is 3. The van der Waals surface area contributed by atoms with Gasteiger partial charge in [0.25, 0.3) is 5.92 Å². The SMILES string of the molecule is Cc1ccc2c3c1c1ccccc1c1ncc(n13)C(F)(F)C2(C)C. The summed E-state index contributed by atoms with van der Waals surface area (Å²) in [6.07, 6.45) is 1.34. The Morgan fingerprint density at radius 3 is 2.46 bits per heavy atom. The van der Waals surface area contributed by atoms with E-state index >= 15 is 8.78 Å². The molecule has 0 radical (unpaired) electrons. The van der Waals surface area contributed by atoms with E-state index in [0.717, 1.165) is 27.2 Å². The summed E-state index contributed by atoms with van der Waals surface area (Å²) in [5, 5.41) is 3.02. The summed E-state index contributed by atoms with van der Waals surface area (Å²) in [4.78, 5) is 4.37. The van der Waals surface area contributed by atoms with Crippen molar-refractivity contribution in [1.29, 1.82) is 0 Å². The smallest absolute Gasteiger partial charge is 0.290 e. The fourth-order valence-corrected chi connectivity index (χ4v) is 4.14. The van der Waals surface area contributed by atoms with E-state index in [4.69, 9.17) is 0 Å². The van der Waals surface area contributed by atoms with Gasteiger partial charge in [0, 0.05) is 10.8 Å². The van der Waals surface area contributed by atoms with Crippen LogP contribution in [0.1, 0.15) is 30.7 Å². The van der Waals surface area contributed by atoms with Crippen LogP contribution in [0.25, 0.3) is 27.3 Å². The minimum absolute atomic E-state index is 0.0173. The zero-order valence-electron chi connectivity index (χ0n) is 13.7. The number of nitrogens with zero attached hydrogens (tertiary/aromatic N) is 2. The van der Waals surface area contributed by atoms with Crippen LogP contribution in [0.4, 0.5) is 8.78 Å². The highest BCUT2D eigenvalue weighted by molar-refractivity contribution is 6.14. The van der Waals surface area contributed by atoms with Crippen LogP contribution in [-0.4, -0.2) is 9.38 Å². The summed E-state index contributed by atoms with van der Waals surface area (Å²) in [6.45, 7) is 5.27. The van der Waals surface area contributed by atoms with E-state index in [2.05, 4.69) is 11.1 Å². The predicted molar refractivity (Wildman–Crippen MR) is 91.9 cm³/mol. The van der Waals surface area contributed by atoms with Gasteiger partial charge in [-0.25, -0.2) is 4.98 Å². The van der Waals surface area contributed by atoms with E-state index in [1.807, 2.05) is 37.3 Å². The number of rotatable bonds is 0. The number of hydrogen-bond acceptors (Lipinski definition) is 1. The first kappa shape index (κ1) is 13.9. The van der Waals surface area contributed by atoms with E-state index in [9.17, 15) is 0 Å². The van der Waals surface area contributed by atoms with Crippen molar-refractivity contribution >= 4 is 27.3 Å². The summed E-state index contributed by atoms with van der Waals surface area (Å²) in [5.41, 5.74) is 1.94. The van der Waals surface area contributed by atoms with Crippen LogP contribution in [-0.2, 0) is 11.3 Å². The first-order valence-electron chi connectivity index (χ1n) is 8.06. The number of aromatic nitrogens is 2. The molecule has 0 amide bonds. The maximum Gasteiger partial charge on any atom is 0.298 e. The lowest BCUT2D eigenvalue weighted by molar-refractivity contribution is -0.0790. The van der Waals surface area contributed by atoms with Crippen molar-refractivity contribution in [2.45, 2.75) is 32.1 Å². The molecule has 0 saturated carbocycles. The van der Waals surface area contributed by atoms with Crippen LogP contribution in [0.2, 0.25) is 0 Å². The van der Waals surface area contributed by atoms with E-state index in [1.165, 1.54) is 6.20 Å². The molecule has 5 rings (SSSR count). The van der Waals surface area contributed by atoms with Crippen molar-refractivity contribution in [2.24, 2.45) is 0 Å². The second-order valence-corrected chi connectivity index (χ2v) is 7.20. The van der Waals surface area contributed by atoms with Crippen LogP contribution in [0.15, 0.2) is 42.6 Å². The van der Waals surface area contributed by atoms with Gasteiger partial charge in [0.1, 0.15) is 11.3 Å². The molecule has 2 aromatic carbocycles. The van der Waals surface area contributed by atoms with Crippen molar-refractivity contribution < 1.29 is 8.78 Å². The van der Waals surface area contributed by atoms with Crippen LogP contribution in [0, 0.1) is 6.92 Å². The topological polar surface area (TPSA) is 17.3 Å². The molecule has 0 spiro atoms. The van der Waals surface area contributed by atoms with E-state index < -0.39 is 11.3 Å². The zero-order chi connectivity index (χ0) is 16.9. The Morgan fingerprint density at radius 2 is 1.71 bits per heavy atom. The lowest BCUT2D eigenvalue weighted by Crippen LogP contribution is -2.42. The summed E-state index contributed by atoms with van der Waals surface area (Å²) in [7, 11) is 0. The second kappa shape index (κ2) is 3.94. The van der Waals surface area contributed by atoms with Crippen molar-refractivity contribution in [3.8, 4) is 0 Å². The van der Waals surface area contributed by atoms with Gasteiger partial charge < -0.3 is 0 Å². The van der Waals surface area contributed by atoms with Gasteiger partial charge >= 0.3 is 0 Å². The zero-order valence-corrected chi connectivity index (χ0v) is 13.7. The molecule has 0 unspecified atom stereocenters. The van der Waals surface area contributed by atoms with E-state index in [1.54, 1.807) is 18.2 Å². The molecule has 0 N–H and O–H groups in total. The highest BCUT2D eigenvalue weighted by Gasteiger charge is 2.54. The first-order valence-corrected chi connectivity index (χ1v) is 8.06. The predicted octanol–water partition coefficient (Wildman–Crippen LogP) is 5.33. The van der Waals surface area contributed by atoms with Crippen molar-refractivity contribution in [3.63, 3.8) is 0 Å². The molecule has 0 aliphatic carbocycles. The molecule has 1 aliphatic rings. The molecule has 0 saturated heterocycles. The number of aryl methyl sites for hydroxylation is 1. The summed E-state index contributed by atoms with van der Waals surface area (Å²) in [5.74, 6) is -2.98. The van der Waals surface area contributed by atoms with Crippen LogP contribution in [0.5, 0.6) is 0 Å². The van der Waals surface area contributed by atoms with Gasteiger partial charge in [0.15, 0.2) is 0 Å². The third-order valence-corrected chi connectivity index (χ3v) is 5.59. The number of hydrogen-bond donors (Lipinski definition) is 0. The number of benzene rings is 2. The minimum atomic E-state index is -2.98. The molecule has 120 valence electrons. The fourth-order valence-electron chi connectivity index (χ4n) is 4.14. The molecule has 0 bridgehead atoms. The highest BCUT2D eigenvalue weighted by Crippen LogP contribution is 2.53. The van der Waals surface area contributed by atoms with Crippen molar-refractivity contribution in [2.75, 3.05) is 0 Å². The molecule has 0 fully saturated rings. The largest absolute Gasteiger partial charge is 0.298 e. The molecule has 4 aromatic rings. The number of pyridine rings is 1. The van der Waals surface area contributed by atoms with Crippen molar-refractivity contribution in [3.05, 3.63) is 59.4 Å². The Hall–Kier alpha value is -2.49. The van der Waals surface area contributed by atoms with Gasteiger partial charge in [-0.3, -0.25) is 4.40 Å². The van der Waals surface area contributed by atoms with Gasteiger partial charge in [0.05, 0.1) is 17.1 Å². The molecular formula is C20H16F2N2. The first-order chi connectivity index (χ1) is 11.4. The Labute approximate surface area is 137 Å². The van der Waals surface area contributed by atoms with Gasteiger partial charge in [-0.2, -0.15) is 8.78 Å². The molecule has 3 heterocycles. The second-order valence-electron chi connectivity index (χ2n) is 7.20. The number of imidazole rings is 1. The van der Waals surface area contributed by atoms with Gasteiger partial charge in [-0.1, -0.05) is 36.4 Å². The Morgan fingerprint density at radius 1 is 1.00 bits per heavy atom. The lowest BCUT2D eigenvalue weighted by atomic mass is 9.74. The monoisotopic (exact) mass is 322 g/mol. The average molecular weight is 322 g/mol. The Balaban J connectivity index is 2.24. The Kier molecular flexibility index (Phi) is 2.28. The quantitative estimate of drug-likeness (QED) is 0.400. The lowest BCUT2D eigenvalue weighted by Gasteiger charge is -2.39. The summed E-state index contributed by atoms with van der Waals surface area (Å²) < 4.78 is 32.1. The summed E-state index contributed by atoms with van der Waals surface area (Å²) in [6, 6.07) is 11.7. The van der Waals surface area contributed by atoms with Gasteiger partial charge in [0.2, 0.25) is 0 Å². The number of alkyl halides is 2. The van der Waals surface area contributed by atoms with E-state index in [0.29, 0.717) is 11.2 Å². The molecule has 2 aromatic heterocycles.